The summed E-state index contributed by atoms with van der Waals surface area (Å²) in [6.07, 6.45) is 3.78. The van der Waals surface area contributed by atoms with Crippen molar-refractivity contribution < 1.29 is 0 Å². The molecule has 0 saturated carbocycles. The zero-order valence-corrected chi connectivity index (χ0v) is 14.9. The van der Waals surface area contributed by atoms with Crippen LogP contribution in [-0.2, 0) is 0 Å². The summed E-state index contributed by atoms with van der Waals surface area (Å²) in [6, 6.07) is 2.56. The smallest absolute Gasteiger partial charge is 0.0492 e. The Bertz CT molecular complexity index is 438. The van der Waals surface area contributed by atoms with Crippen molar-refractivity contribution in [3.63, 3.8) is 0 Å². The van der Waals surface area contributed by atoms with Crippen LogP contribution in [0.1, 0.15) is 66.1 Å². The van der Waals surface area contributed by atoms with Gasteiger partial charge in [-0.1, -0.05) is 27.7 Å². The average Bonchev–Trinajstić information content (AvgIpc) is 2.85. The summed E-state index contributed by atoms with van der Waals surface area (Å²) in [5, 5.41) is 4.25. The van der Waals surface area contributed by atoms with Crippen LogP contribution in [0.3, 0.4) is 0 Å². The Morgan fingerprint density at radius 1 is 1.24 bits per heavy atom. The van der Waals surface area contributed by atoms with Crippen LogP contribution in [0.5, 0.6) is 0 Å². The first-order valence-electron chi connectivity index (χ1n) is 7.64. The van der Waals surface area contributed by atoms with Gasteiger partial charge in [0.25, 0.3) is 0 Å². The van der Waals surface area contributed by atoms with Gasteiger partial charge >= 0.3 is 0 Å². The van der Waals surface area contributed by atoms with E-state index in [0.29, 0.717) is 17.9 Å². The lowest BCUT2D eigenvalue weighted by atomic mass is 10.1. The molecule has 1 rings (SSSR count). The molecule has 0 bridgehead atoms. The molecule has 2 N–H and O–H groups in total. The molecule has 0 unspecified atom stereocenters. The molecular formula is C17H32N4. The first-order chi connectivity index (χ1) is 9.70. The van der Waals surface area contributed by atoms with Gasteiger partial charge in [0.2, 0.25) is 0 Å². The molecule has 0 aliphatic rings. The zero-order valence-electron chi connectivity index (χ0n) is 14.9. The SMILES string of the molecule is CC(C)c1ccnn1C(C)C.CN=C(/C=C(/C)N)C(C)C. The van der Waals surface area contributed by atoms with Crippen LogP contribution in [0, 0.1) is 5.92 Å². The van der Waals surface area contributed by atoms with E-state index in [1.165, 1.54) is 5.69 Å². The Kier molecular flexibility index (Phi) is 8.67. The predicted octanol–water partition coefficient (Wildman–Crippen LogP) is 4.16. The van der Waals surface area contributed by atoms with E-state index < -0.39 is 0 Å². The highest BCUT2D eigenvalue weighted by atomic mass is 15.3. The number of hydrogen-bond acceptors (Lipinski definition) is 3. The van der Waals surface area contributed by atoms with Crippen molar-refractivity contribution in [3.05, 3.63) is 29.7 Å². The maximum atomic E-state index is 5.49. The van der Waals surface area contributed by atoms with Crippen LogP contribution in [0.4, 0.5) is 0 Å². The van der Waals surface area contributed by atoms with Gasteiger partial charge in [-0.05, 0) is 44.7 Å². The quantitative estimate of drug-likeness (QED) is 0.847. The standard InChI is InChI=1S/C9H16N2.C8H16N2/c1-7(2)9-5-6-10-11(9)8(3)4;1-6(2)8(10-4)5-7(3)9/h5-8H,1-4H3;5-6H,9H2,1-4H3/b;7-5-,10-8?. The molecule has 1 aromatic rings. The topological polar surface area (TPSA) is 56.2 Å². The van der Waals surface area contributed by atoms with Gasteiger partial charge < -0.3 is 5.73 Å². The van der Waals surface area contributed by atoms with Crippen molar-refractivity contribution in [3.8, 4) is 0 Å². The fraction of sp³-hybridized carbons (Fsp3) is 0.647. The Morgan fingerprint density at radius 2 is 1.81 bits per heavy atom. The fourth-order valence-electron chi connectivity index (χ4n) is 1.94. The molecule has 120 valence electrons. The number of hydrogen-bond donors (Lipinski definition) is 1. The normalized spacial score (nSPS) is 12.9. The van der Waals surface area contributed by atoms with Crippen molar-refractivity contribution >= 4 is 5.71 Å². The summed E-state index contributed by atoms with van der Waals surface area (Å²) in [4.78, 5) is 4.09. The molecule has 0 saturated heterocycles. The number of aromatic nitrogens is 2. The second kappa shape index (κ2) is 9.37. The zero-order chi connectivity index (χ0) is 16.6. The van der Waals surface area contributed by atoms with Crippen molar-refractivity contribution in [1.29, 1.82) is 0 Å². The van der Waals surface area contributed by atoms with E-state index in [2.05, 4.69) is 62.4 Å². The second-order valence-electron chi connectivity index (χ2n) is 6.14. The first-order valence-corrected chi connectivity index (χ1v) is 7.64. The van der Waals surface area contributed by atoms with Crippen molar-refractivity contribution in [2.45, 2.75) is 60.4 Å². The highest BCUT2D eigenvalue weighted by Gasteiger charge is 2.07. The fourth-order valence-corrected chi connectivity index (χ4v) is 1.94. The second-order valence-corrected chi connectivity index (χ2v) is 6.14. The van der Waals surface area contributed by atoms with Crippen molar-refractivity contribution in [2.24, 2.45) is 16.6 Å². The Hall–Kier alpha value is -1.58. The van der Waals surface area contributed by atoms with E-state index >= 15 is 0 Å². The molecule has 1 heterocycles. The van der Waals surface area contributed by atoms with Crippen LogP contribution < -0.4 is 5.73 Å². The Labute approximate surface area is 130 Å². The molecule has 0 aromatic carbocycles. The molecule has 4 heteroatoms. The number of nitrogens with zero attached hydrogens (tertiary/aromatic N) is 3. The molecule has 1 aromatic heterocycles. The van der Waals surface area contributed by atoms with Crippen molar-refractivity contribution in [2.75, 3.05) is 7.05 Å². The van der Waals surface area contributed by atoms with E-state index in [0.717, 1.165) is 11.4 Å². The minimum Gasteiger partial charge on any atom is -0.402 e. The summed E-state index contributed by atoms with van der Waals surface area (Å²) < 4.78 is 2.07. The lowest BCUT2D eigenvalue weighted by Gasteiger charge is -2.12. The van der Waals surface area contributed by atoms with Gasteiger partial charge in [0, 0.05) is 36.4 Å². The molecular weight excluding hydrogens is 260 g/mol. The molecule has 0 spiro atoms. The van der Waals surface area contributed by atoms with E-state index in [9.17, 15) is 0 Å². The van der Waals surface area contributed by atoms with Crippen LogP contribution in [0.15, 0.2) is 29.0 Å². The van der Waals surface area contributed by atoms with Crippen LogP contribution in [0.25, 0.3) is 0 Å². The van der Waals surface area contributed by atoms with E-state index in [1.807, 2.05) is 19.2 Å². The summed E-state index contributed by atoms with van der Waals surface area (Å²) in [5.74, 6) is 1.03. The third-order valence-electron chi connectivity index (χ3n) is 3.01. The van der Waals surface area contributed by atoms with E-state index in [-0.39, 0.29) is 0 Å². The number of allylic oxidation sites excluding steroid dienone is 2. The molecule has 0 aliphatic heterocycles. The minimum atomic E-state index is 0.462. The lowest BCUT2D eigenvalue weighted by molar-refractivity contribution is 0.498. The van der Waals surface area contributed by atoms with Crippen molar-refractivity contribution in [1.82, 2.24) is 9.78 Å². The largest absolute Gasteiger partial charge is 0.402 e. The average molecular weight is 292 g/mol. The maximum Gasteiger partial charge on any atom is 0.0492 e. The van der Waals surface area contributed by atoms with E-state index in [1.54, 1.807) is 7.05 Å². The van der Waals surface area contributed by atoms with Gasteiger partial charge in [-0.3, -0.25) is 9.67 Å². The molecule has 4 nitrogen and oxygen atoms in total. The third kappa shape index (κ3) is 7.11. The van der Waals surface area contributed by atoms with Gasteiger partial charge in [0.15, 0.2) is 0 Å². The Balaban J connectivity index is 0.000000384. The van der Waals surface area contributed by atoms with Crippen LogP contribution in [-0.4, -0.2) is 22.5 Å². The van der Waals surface area contributed by atoms with Crippen LogP contribution in [0.2, 0.25) is 0 Å². The Morgan fingerprint density at radius 3 is 2.05 bits per heavy atom. The van der Waals surface area contributed by atoms with Gasteiger partial charge in [0.05, 0.1) is 0 Å². The molecule has 0 amide bonds. The lowest BCUT2D eigenvalue weighted by Crippen LogP contribution is -2.08. The summed E-state index contributed by atoms with van der Waals surface area (Å²) >= 11 is 0. The summed E-state index contributed by atoms with van der Waals surface area (Å²) in [7, 11) is 1.79. The minimum absolute atomic E-state index is 0.462. The van der Waals surface area contributed by atoms with Gasteiger partial charge in [0.1, 0.15) is 0 Å². The molecule has 0 radical (unpaired) electrons. The predicted molar refractivity (Wildman–Crippen MR) is 92.8 cm³/mol. The van der Waals surface area contributed by atoms with E-state index in [4.69, 9.17) is 5.73 Å². The summed E-state index contributed by atoms with van der Waals surface area (Å²) in [5.41, 5.74) is 8.68. The monoisotopic (exact) mass is 292 g/mol. The molecule has 0 atom stereocenters. The summed E-state index contributed by atoms with van der Waals surface area (Å²) in [6.45, 7) is 14.8. The van der Waals surface area contributed by atoms with Crippen LogP contribution >= 0.6 is 0 Å². The maximum absolute atomic E-state index is 5.49. The highest BCUT2D eigenvalue weighted by Crippen LogP contribution is 2.16. The van der Waals surface area contributed by atoms with Gasteiger partial charge in [-0.25, -0.2) is 0 Å². The number of aliphatic imine (C=N–C) groups is 1. The number of rotatable bonds is 4. The first kappa shape index (κ1) is 19.4. The molecule has 0 fully saturated rings. The number of nitrogens with two attached hydrogens (primary N) is 1. The van der Waals surface area contributed by atoms with Gasteiger partial charge in [-0.2, -0.15) is 5.10 Å². The third-order valence-corrected chi connectivity index (χ3v) is 3.01. The highest BCUT2D eigenvalue weighted by molar-refractivity contribution is 5.96. The molecule has 21 heavy (non-hydrogen) atoms. The molecule has 0 aliphatic carbocycles. The van der Waals surface area contributed by atoms with Gasteiger partial charge in [-0.15, -0.1) is 0 Å².